The SMILES string of the molecule is CNC(=O)c1ccc(N(CC2CCCCN2)C(C)C)nn1. The molecule has 1 unspecified atom stereocenters. The Hall–Kier alpha value is -1.69. The number of nitrogens with one attached hydrogen (secondary N) is 2. The van der Waals surface area contributed by atoms with Crippen molar-refractivity contribution in [3.63, 3.8) is 0 Å². The number of anilines is 1. The van der Waals surface area contributed by atoms with Gasteiger partial charge in [-0.1, -0.05) is 6.42 Å². The van der Waals surface area contributed by atoms with Crippen molar-refractivity contribution in [1.29, 1.82) is 0 Å². The molecule has 0 aromatic carbocycles. The molecule has 1 aromatic rings. The topological polar surface area (TPSA) is 70.2 Å². The molecular formula is C15H25N5O. The monoisotopic (exact) mass is 291 g/mol. The molecule has 2 rings (SSSR count). The molecule has 2 heterocycles. The van der Waals surface area contributed by atoms with Gasteiger partial charge in [-0.3, -0.25) is 4.79 Å². The van der Waals surface area contributed by atoms with Crippen LogP contribution in [0.5, 0.6) is 0 Å². The van der Waals surface area contributed by atoms with Gasteiger partial charge >= 0.3 is 0 Å². The maximum absolute atomic E-state index is 11.5. The molecule has 6 nitrogen and oxygen atoms in total. The van der Waals surface area contributed by atoms with Crippen LogP contribution in [0.15, 0.2) is 12.1 Å². The summed E-state index contributed by atoms with van der Waals surface area (Å²) in [6.45, 7) is 6.32. The minimum absolute atomic E-state index is 0.209. The second kappa shape index (κ2) is 7.36. The van der Waals surface area contributed by atoms with Crippen molar-refractivity contribution >= 4 is 11.7 Å². The van der Waals surface area contributed by atoms with Gasteiger partial charge in [-0.15, -0.1) is 10.2 Å². The molecule has 0 radical (unpaired) electrons. The Labute approximate surface area is 126 Å². The van der Waals surface area contributed by atoms with E-state index in [0.29, 0.717) is 17.8 Å². The van der Waals surface area contributed by atoms with E-state index in [1.807, 2.05) is 6.07 Å². The first-order chi connectivity index (χ1) is 10.1. The van der Waals surface area contributed by atoms with Gasteiger partial charge in [-0.05, 0) is 45.4 Å². The minimum atomic E-state index is -0.209. The van der Waals surface area contributed by atoms with E-state index >= 15 is 0 Å². The standard InChI is InChI=1S/C15H25N5O/c1-11(2)20(10-12-6-4-5-9-17-12)14-8-7-13(18-19-14)15(21)16-3/h7-8,11-12,17H,4-6,9-10H2,1-3H3,(H,16,21). The van der Waals surface area contributed by atoms with Crippen LogP contribution in [0, 0.1) is 0 Å². The van der Waals surface area contributed by atoms with Crippen LogP contribution in [0.1, 0.15) is 43.6 Å². The quantitative estimate of drug-likeness (QED) is 0.853. The van der Waals surface area contributed by atoms with Crippen LogP contribution in [-0.2, 0) is 0 Å². The fourth-order valence-corrected chi connectivity index (χ4v) is 2.61. The Morgan fingerprint density at radius 1 is 1.43 bits per heavy atom. The summed E-state index contributed by atoms with van der Waals surface area (Å²) in [6.07, 6.45) is 3.75. The van der Waals surface area contributed by atoms with Crippen LogP contribution in [0.4, 0.5) is 5.82 Å². The molecule has 6 heteroatoms. The van der Waals surface area contributed by atoms with Crippen LogP contribution in [0.2, 0.25) is 0 Å². The van der Waals surface area contributed by atoms with Crippen molar-refractivity contribution < 1.29 is 4.79 Å². The molecule has 0 aliphatic carbocycles. The summed E-state index contributed by atoms with van der Waals surface area (Å²) < 4.78 is 0. The Bertz CT molecular complexity index is 454. The third-order valence-corrected chi connectivity index (χ3v) is 3.86. The Morgan fingerprint density at radius 3 is 2.76 bits per heavy atom. The number of carbonyl (C=O) groups is 1. The molecule has 1 aliphatic rings. The number of hydrogen-bond donors (Lipinski definition) is 2. The van der Waals surface area contributed by atoms with Gasteiger partial charge in [0.15, 0.2) is 11.5 Å². The zero-order valence-corrected chi connectivity index (χ0v) is 13.1. The number of hydrogen-bond acceptors (Lipinski definition) is 5. The fourth-order valence-electron chi connectivity index (χ4n) is 2.61. The van der Waals surface area contributed by atoms with Gasteiger partial charge in [0.25, 0.3) is 5.91 Å². The Balaban J connectivity index is 2.08. The van der Waals surface area contributed by atoms with Crippen molar-refractivity contribution in [2.24, 2.45) is 0 Å². The Morgan fingerprint density at radius 2 is 2.24 bits per heavy atom. The summed E-state index contributed by atoms with van der Waals surface area (Å²) in [4.78, 5) is 13.7. The molecule has 0 spiro atoms. The largest absolute Gasteiger partial charge is 0.354 e. The van der Waals surface area contributed by atoms with E-state index in [9.17, 15) is 4.79 Å². The molecular weight excluding hydrogens is 266 g/mol. The van der Waals surface area contributed by atoms with Gasteiger partial charge in [0.05, 0.1) is 0 Å². The predicted molar refractivity (Wildman–Crippen MR) is 83.5 cm³/mol. The molecule has 0 saturated carbocycles. The van der Waals surface area contributed by atoms with Crippen molar-refractivity contribution in [1.82, 2.24) is 20.8 Å². The maximum atomic E-state index is 11.5. The van der Waals surface area contributed by atoms with E-state index < -0.39 is 0 Å². The molecule has 21 heavy (non-hydrogen) atoms. The van der Waals surface area contributed by atoms with E-state index in [1.165, 1.54) is 19.3 Å². The summed E-state index contributed by atoms with van der Waals surface area (Å²) in [5.41, 5.74) is 0.348. The first-order valence-electron chi connectivity index (χ1n) is 7.67. The van der Waals surface area contributed by atoms with Crippen LogP contribution in [0.3, 0.4) is 0 Å². The maximum Gasteiger partial charge on any atom is 0.271 e. The summed E-state index contributed by atoms with van der Waals surface area (Å²) >= 11 is 0. The van der Waals surface area contributed by atoms with Crippen LogP contribution in [0.25, 0.3) is 0 Å². The van der Waals surface area contributed by atoms with Gasteiger partial charge in [-0.2, -0.15) is 0 Å². The van der Waals surface area contributed by atoms with Crippen molar-refractivity contribution in [2.45, 2.75) is 45.2 Å². The lowest BCUT2D eigenvalue weighted by Crippen LogP contribution is -2.46. The highest BCUT2D eigenvalue weighted by Gasteiger charge is 2.20. The molecule has 0 bridgehead atoms. The number of nitrogens with zero attached hydrogens (tertiary/aromatic N) is 3. The highest BCUT2D eigenvalue weighted by atomic mass is 16.1. The van der Waals surface area contributed by atoms with E-state index in [0.717, 1.165) is 18.9 Å². The van der Waals surface area contributed by atoms with E-state index in [4.69, 9.17) is 0 Å². The van der Waals surface area contributed by atoms with Crippen molar-refractivity contribution in [3.05, 3.63) is 17.8 Å². The normalized spacial score (nSPS) is 18.6. The van der Waals surface area contributed by atoms with Crippen molar-refractivity contribution in [2.75, 3.05) is 25.0 Å². The van der Waals surface area contributed by atoms with Crippen LogP contribution >= 0.6 is 0 Å². The van der Waals surface area contributed by atoms with Gasteiger partial charge in [0.1, 0.15) is 0 Å². The van der Waals surface area contributed by atoms with Gasteiger partial charge in [-0.25, -0.2) is 0 Å². The van der Waals surface area contributed by atoms with Gasteiger partial charge in [0, 0.05) is 25.7 Å². The fraction of sp³-hybridized carbons (Fsp3) is 0.667. The molecule has 1 saturated heterocycles. The summed E-state index contributed by atoms with van der Waals surface area (Å²) in [5.74, 6) is 0.615. The third kappa shape index (κ3) is 4.14. The average Bonchev–Trinajstić information content (AvgIpc) is 2.53. The summed E-state index contributed by atoms with van der Waals surface area (Å²) in [6, 6.07) is 4.45. The molecule has 1 amide bonds. The molecule has 2 N–H and O–H groups in total. The molecule has 116 valence electrons. The third-order valence-electron chi connectivity index (χ3n) is 3.86. The second-order valence-electron chi connectivity index (χ2n) is 5.75. The van der Waals surface area contributed by atoms with Crippen LogP contribution in [-0.4, -0.2) is 48.3 Å². The second-order valence-corrected chi connectivity index (χ2v) is 5.75. The first kappa shape index (κ1) is 15.7. The zero-order chi connectivity index (χ0) is 15.2. The average molecular weight is 291 g/mol. The van der Waals surface area contributed by atoms with Crippen molar-refractivity contribution in [3.8, 4) is 0 Å². The first-order valence-corrected chi connectivity index (χ1v) is 7.67. The molecule has 1 aromatic heterocycles. The molecule has 1 atom stereocenters. The summed E-state index contributed by atoms with van der Waals surface area (Å²) in [7, 11) is 1.59. The van der Waals surface area contributed by atoms with Gasteiger partial charge < -0.3 is 15.5 Å². The molecule has 1 fully saturated rings. The Kier molecular flexibility index (Phi) is 5.50. The highest BCUT2D eigenvalue weighted by molar-refractivity contribution is 5.91. The number of carbonyl (C=O) groups excluding carboxylic acids is 1. The number of amides is 1. The smallest absolute Gasteiger partial charge is 0.271 e. The number of aromatic nitrogens is 2. The summed E-state index contributed by atoms with van der Waals surface area (Å²) in [5, 5.41) is 14.4. The number of rotatable bonds is 5. The van der Waals surface area contributed by atoms with Crippen LogP contribution < -0.4 is 15.5 Å². The zero-order valence-electron chi connectivity index (χ0n) is 13.1. The van der Waals surface area contributed by atoms with E-state index in [2.05, 4.69) is 39.6 Å². The highest BCUT2D eigenvalue weighted by Crippen LogP contribution is 2.17. The van der Waals surface area contributed by atoms with E-state index in [-0.39, 0.29) is 5.91 Å². The molecule has 1 aliphatic heterocycles. The lowest BCUT2D eigenvalue weighted by atomic mass is 10.0. The lowest BCUT2D eigenvalue weighted by molar-refractivity contribution is 0.0957. The number of piperidine rings is 1. The van der Waals surface area contributed by atoms with Gasteiger partial charge in [0.2, 0.25) is 0 Å². The minimum Gasteiger partial charge on any atom is -0.354 e. The lowest BCUT2D eigenvalue weighted by Gasteiger charge is -2.33. The predicted octanol–water partition coefficient (Wildman–Crippen LogP) is 1.19. The van der Waals surface area contributed by atoms with E-state index in [1.54, 1.807) is 13.1 Å².